The van der Waals surface area contributed by atoms with Gasteiger partial charge in [0, 0.05) is 22.0 Å². The minimum atomic E-state index is -0.341. The highest BCUT2D eigenvalue weighted by Gasteiger charge is 2.30. The molecule has 0 N–H and O–H groups in total. The van der Waals surface area contributed by atoms with E-state index in [0.717, 1.165) is 4.47 Å². The Balaban J connectivity index is 1.99. The summed E-state index contributed by atoms with van der Waals surface area (Å²) < 4.78 is 17.3. The highest BCUT2D eigenvalue weighted by Crippen LogP contribution is 2.40. The van der Waals surface area contributed by atoms with Gasteiger partial charge in [-0.05, 0) is 43.3 Å². The number of rotatable bonds is 4. The lowest BCUT2D eigenvalue weighted by Gasteiger charge is -2.09. The van der Waals surface area contributed by atoms with E-state index in [1.54, 1.807) is 45.2 Å². The van der Waals surface area contributed by atoms with Crippen LogP contribution in [0.2, 0.25) is 0 Å². The minimum Gasteiger partial charge on any atom is -0.496 e. The highest BCUT2D eigenvalue weighted by molar-refractivity contribution is 9.10. The van der Waals surface area contributed by atoms with Gasteiger partial charge in [0.1, 0.15) is 17.2 Å². The third-order valence-corrected chi connectivity index (χ3v) is 4.52. The molecule has 3 rings (SSSR count). The number of fused-ring (bicyclic) bond motifs is 1. The third kappa shape index (κ3) is 3.37. The number of allylic oxidation sites excluding steroid dienone is 1. The van der Waals surface area contributed by atoms with Gasteiger partial charge in [-0.15, -0.1) is 0 Å². The molecular formula is C20H17BrO5. The molecule has 1 aliphatic heterocycles. The van der Waals surface area contributed by atoms with Gasteiger partial charge in [0.2, 0.25) is 5.78 Å². The number of carbonyl (C=O) groups is 2. The van der Waals surface area contributed by atoms with Gasteiger partial charge >= 0.3 is 5.97 Å². The highest BCUT2D eigenvalue weighted by atomic mass is 79.9. The smallest absolute Gasteiger partial charge is 0.310 e. The van der Waals surface area contributed by atoms with Crippen molar-refractivity contribution in [3.05, 3.63) is 57.3 Å². The van der Waals surface area contributed by atoms with Crippen LogP contribution in [0.5, 0.6) is 17.2 Å². The fourth-order valence-corrected chi connectivity index (χ4v) is 3.01. The van der Waals surface area contributed by atoms with Crippen LogP contribution in [0.4, 0.5) is 0 Å². The number of carbonyl (C=O) groups excluding carboxylic acids is 2. The Hall–Kier alpha value is -2.60. The van der Waals surface area contributed by atoms with Crippen LogP contribution in [0, 0.1) is 6.92 Å². The van der Waals surface area contributed by atoms with Gasteiger partial charge in [-0.25, -0.2) is 0 Å². The number of ketones is 1. The largest absolute Gasteiger partial charge is 0.496 e. The van der Waals surface area contributed by atoms with Crippen molar-refractivity contribution >= 4 is 33.8 Å². The predicted octanol–water partition coefficient (Wildman–Crippen LogP) is 4.70. The van der Waals surface area contributed by atoms with E-state index in [1.807, 2.05) is 12.1 Å². The summed E-state index contributed by atoms with van der Waals surface area (Å²) in [7, 11) is 1.57. The Morgan fingerprint density at radius 2 is 1.96 bits per heavy atom. The Labute approximate surface area is 159 Å². The van der Waals surface area contributed by atoms with Gasteiger partial charge in [-0.2, -0.15) is 0 Å². The molecule has 0 fully saturated rings. The molecule has 0 spiro atoms. The summed E-state index contributed by atoms with van der Waals surface area (Å²) in [6.07, 6.45) is 1.91. The fraction of sp³-hybridized carbons (Fsp3) is 0.200. The average molecular weight is 417 g/mol. The van der Waals surface area contributed by atoms with Crippen LogP contribution in [0.3, 0.4) is 0 Å². The molecule has 0 aromatic heterocycles. The van der Waals surface area contributed by atoms with E-state index in [-0.39, 0.29) is 23.9 Å². The topological polar surface area (TPSA) is 61.8 Å². The number of methoxy groups -OCH3 is 1. The molecular weight excluding hydrogens is 400 g/mol. The van der Waals surface area contributed by atoms with E-state index in [1.165, 1.54) is 0 Å². The first kappa shape index (κ1) is 18.2. The molecule has 5 nitrogen and oxygen atoms in total. The van der Waals surface area contributed by atoms with E-state index < -0.39 is 0 Å². The van der Waals surface area contributed by atoms with Crippen LogP contribution in [-0.2, 0) is 4.79 Å². The summed E-state index contributed by atoms with van der Waals surface area (Å²) in [5.41, 5.74) is 1.77. The molecule has 0 radical (unpaired) electrons. The van der Waals surface area contributed by atoms with Gasteiger partial charge in [0.15, 0.2) is 5.76 Å². The number of esters is 1. The van der Waals surface area contributed by atoms with E-state index in [0.29, 0.717) is 33.9 Å². The van der Waals surface area contributed by atoms with Crippen LogP contribution in [0.25, 0.3) is 6.08 Å². The first-order chi connectivity index (χ1) is 12.4. The quantitative estimate of drug-likeness (QED) is 0.410. The third-order valence-electron chi connectivity index (χ3n) is 4.03. The second-order valence-corrected chi connectivity index (χ2v) is 6.63. The van der Waals surface area contributed by atoms with Crippen LogP contribution < -0.4 is 14.2 Å². The van der Waals surface area contributed by atoms with Crippen LogP contribution in [-0.4, -0.2) is 18.9 Å². The summed E-state index contributed by atoms with van der Waals surface area (Å²) in [5, 5.41) is 0. The van der Waals surface area contributed by atoms with E-state index in [2.05, 4.69) is 15.9 Å². The van der Waals surface area contributed by atoms with Crippen LogP contribution >= 0.6 is 15.9 Å². The number of hydrogen-bond acceptors (Lipinski definition) is 5. The Kier molecular flexibility index (Phi) is 5.13. The maximum Gasteiger partial charge on any atom is 0.310 e. The molecule has 0 aliphatic carbocycles. The molecule has 0 amide bonds. The summed E-state index contributed by atoms with van der Waals surface area (Å²) in [6.45, 7) is 3.48. The number of halogens is 1. The van der Waals surface area contributed by atoms with Crippen LogP contribution in [0.15, 0.2) is 40.6 Å². The molecule has 0 saturated carbocycles. The summed E-state index contributed by atoms with van der Waals surface area (Å²) >= 11 is 3.41. The van der Waals surface area contributed by atoms with Crippen molar-refractivity contribution in [3.8, 4) is 17.2 Å². The zero-order valence-electron chi connectivity index (χ0n) is 14.6. The lowest BCUT2D eigenvalue weighted by molar-refractivity contribution is -0.134. The zero-order chi connectivity index (χ0) is 18.8. The average Bonchev–Trinajstić information content (AvgIpc) is 2.94. The molecule has 134 valence electrons. The standard InChI is InChI=1S/C20H17BrO5/c1-4-18(22)25-15-8-6-14-19(23)17(26-20(14)11(15)2)10-12-9-13(21)5-7-16(12)24-3/h5-10H,4H2,1-3H3/b17-10-. The maximum atomic E-state index is 12.7. The van der Waals surface area contributed by atoms with Gasteiger partial charge < -0.3 is 14.2 Å². The maximum absolute atomic E-state index is 12.7. The molecule has 26 heavy (non-hydrogen) atoms. The van der Waals surface area contributed by atoms with Crippen molar-refractivity contribution < 1.29 is 23.8 Å². The SMILES string of the molecule is CCC(=O)Oc1ccc2c(c1C)O/C(=C\c1cc(Br)ccc1OC)C2=O. The van der Waals surface area contributed by atoms with Gasteiger partial charge in [-0.3, -0.25) is 9.59 Å². The molecule has 2 aromatic rings. The number of ether oxygens (including phenoxy) is 3. The molecule has 1 heterocycles. The molecule has 0 unspecified atom stereocenters. The summed E-state index contributed by atoms with van der Waals surface area (Å²) in [6, 6.07) is 8.72. The predicted molar refractivity (Wildman–Crippen MR) is 101 cm³/mol. The number of Topliss-reactive ketones (excluding diaryl/α,β-unsaturated/α-hetero) is 1. The molecule has 0 saturated heterocycles. The van der Waals surface area contributed by atoms with Gasteiger partial charge in [-0.1, -0.05) is 22.9 Å². The summed E-state index contributed by atoms with van der Waals surface area (Å²) in [4.78, 5) is 24.2. The van der Waals surface area contributed by atoms with E-state index >= 15 is 0 Å². The van der Waals surface area contributed by atoms with Gasteiger partial charge in [0.05, 0.1) is 12.7 Å². The van der Waals surface area contributed by atoms with Gasteiger partial charge in [0.25, 0.3) is 0 Å². The monoisotopic (exact) mass is 416 g/mol. The van der Waals surface area contributed by atoms with Crippen molar-refractivity contribution in [3.63, 3.8) is 0 Å². The Morgan fingerprint density at radius 1 is 1.23 bits per heavy atom. The number of hydrogen-bond donors (Lipinski definition) is 0. The zero-order valence-corrected chi connectivity index (χ0v) is 16.2. The fourth-order valence-electron chi connectivity index (χ4n) is 2.63. The van der Waals surface area contributed by atoms with Crippen molar-refractivity contribution in [2.75, 3.05) is 7.11 Å². The van der Waals surface area contributed by atoms with Crippen molar-refractivity contribution in [1.29, 1.82) is 0 Å². The second-order valence-electron chi connectivity index (χ2n) is 5.72. The first-order valence-electron chi connectivity index (χ1n) is 8.06. The van der Waals surface area contributed by atoms with Crippen molar-refractivity contribution in [2.45, 2.75) is 20.3 Å². The van der Waals surface area contributed by atoms with Crippen molar-refractivity contribution in [2.24, 2.45) is 0 Å². The Morgan fingerprint density at radius 3 is 2.65 bits per heavy atom. The first-order valence-corrected chi connectivity index (χ1v) is 8.86. The van der Waals surface area contributed by atoms with Crippen molar-refractivity contribution in [1.82, 2.24) is 0 Å². The lowest BCUT2D eigenvalue weighted by atomic mass is 10.1. The minimum absolute atomic E-state index is 0.193. The Bertz CT molecular complexity index is 930. The summed E-state index contributed by atoms with van der Waals surface area (Å²) in [5.74, 6) is 1.06. The van der Waals surface area contributed by atoms with E-state index in [4.69, 9.17) is 14.2 Å². The second kappa shape index (κ2) is 7.33. The molecule has 2 aromatic carbocycles. The molecule has 0 atom stereocenters. The molecule has 1 aliphatic rings. The van der Waals surface area contributed by atoms with E-state index in [9.17, 15) is 9.59 Å². The molecule has 6 heteroatoms. The molecule has 0 bridgehead atoms. The lowest BCUT2D eigenvalue weighted by Crippen LogP contribution is -2.06. The normalized spacial score (nSPS) is 14.2. The van der Waals surface area contributed by atoms with Crippen LogP contribution in [0.1, 0.15) is 34.8 Å². The number of benzene rings is 2.